The summed E-state index contributed by atoms with van der Waals surface area (Å²) in [6.07, 6.45) is 6.01. The van der Waals surface area contributed by atoms with E-state index in [-0.39, 0.29) is 0 Å². The van der Waals surface area contributed by atoms with Crippen LogP contribution in [0.25, 0.3) is 0 Å². The molecule has 0 saturated carbocycles. The van der Waals surface area contributed by atoms with Crippen molar-refractivity contribution in [1.82, 2.24) is 5.32 Å². The van der Waals surface area contributed by atoms with Crippen molar-refractivity contribution in [2.75, 3.05) is 19.9 Å². The fourth-order valence-electron chi connectivity index (χ4n) is 2.22. The van der Waals surface area contributed by atoms with Gasteiger partial charge in [0.2, 0.25) is 0 Å². The summed E-state index contributed by atoms with van der Waals surface area (Å²) in [5.41, 5.74) is 1.42. The predicted octanol–water partition coefficient (Wildman–Crippen LogP) is 3.23. The van der Waals surface area contributed by atoms with Crippen LogP contribution in [0.1, 0.15) is 30.9 Å². The average molecular weight is 237 g/mol. The van der Waals surface area contributed by atoms with Gasteiger partial charge in [-0.1, -0.05) is 12.5 Å². The molecule has 1 aromatic carbocycles. The first-order chi connectivity index (χ1) is 7.85. The molecule has 1 saturated heterocycles. The van der Waals surface area contributed by atoms with E-state index in [1.165, 1.54) is 29.7 Å². The van der Waals surface area contributed by atoms with E-state index in [2.05, 4.69) is 29.8 Å². The molecule has 1 heterocycles. The summed E-state index contributed by atoms with van der Waals surface area (Å²) in [5, 5.41) is 3.59. The van der Waals surface area contributed by atoms with Gasteiger partial charge in [-0.15, -0.1) is 11.8 Å². The fraction of sp³-hybridized carbons (Fsp3) is 0.538. The molecule has 1 unspecified atom stereocenters. The van der Waals surface area contributed by atoms with E-state index in [0.29, 0.717) is 6.04 Å². The van der Waals surface area contributed by atoms with Gasteiger partial charge in [-0.05, 0) is 43.3 Å². The minimum Gasteiger partial charge on any atom is -0.497 e. The first-order valence-corrected chi connectivity index (χ1v) is 7.03. The topological polar surface area (TPSA) is 21.3 Å². The van der Waals surface area contributed by atoms with Crippen LogP contribution < -0.4 is 10.1 Å². The maximum atomic E-state index is 5.27. The van der Waals surface area contributed by atoms with Crippen molar-refractivity contribution >= 4 is 11.8 Å². The van der Waals surface area contributed by atoms with Gasteiger partial charge in [0, 0.05) is 10.9 Å². The van der Waals surface area contributed by atoms with Gasteiger partial charge >= 0.3 is 0 Å². The van der Waals surface area contributed by atoms with Gasteiger partial charge in [0.15, 0.2) is 0 Å². The second kappa shape index (κ2) is 5.60. The van der Waals surface area contributed by atoms with Gasteiger partial charge in [0.05, 0.1) is 7.11 Å². The van der Waals surface area contributed by atoms with Crippen LogP contribution in [0.2, 0.25) is 0 Å². The third kappa shape index (κ3) is 2.53. The van der Waals surface area contributed by atoms with Crippen molar-refractivity contribution in [3.05, 3.63) is 23.8 Å². The number of benzene rings is 1. The molecule has 2 rings (SSSR count). The summed E-state index contributed by atoms with van der Waals surface area (Å²) < 4.78 is 5.27. The SMILES string of the molecule is COc1ccc(C2CCCCN2)c(SC)c1. The van der Waals surface area contributed by atoms with Gasteiger partial charge < -0.3 is 10.1 Å². The molecule has 1 fully saturated rings. The molecule has 88 valence electrons. The minimum absolute atomic E-state index is 0.530. The van der Waals surface area contributed by atoms with Crippen LogP contribution in [0, 0.1) is 0 Å². The highest BCUT2D eigenvalue weighted by atomic mass is 32.2. The lowest BCUT2D eigenvalue weighted by Gasteiger charge is -2.25. The lowest BCUT2D eigenvalue weighted by Crippen LogP contribution is -2.27. The molecule has 1 aliphatic heterocycles. The standard InChI is InChI=1S/C13H19NOS/c1-15-10-6-7-11(13(9-10)16-2)12-5-3-4-8-14-12/h6-7,9,12,14H,3-5,8H2,1-2H3. The molecule has 0 radical (unpaired) electrons. The van der Waals surface area contributed by atoms with Gasteiger partial charge in [-0.25, -0.2) is 0 Å². The fourth-order valence-corrected chi connectivity index (χ4v) is 2.90. The van der Waals surface area contributed by atoms with E-state index >= 15 is 0 Å². The zero-order valence-electron chi connectivity index (χ0n) is 9.95. The van der Waals surface area contributed by atoms with Crippen LogP contribution in [-0.4, -0.2) is 19.9 Å². The zero-order valence-corrected chi connectivity index (χ0v) is 10.8. The Morgan fingerprint density at radius 3 is 2.88 bits per heavy atom. The third-order valence-corrected chi connectivity index (χ3v) is 3.92. The van der Waals surface area contributed by atoms with Gasteiger partial charge in [-0.3, -0.25) is 0 Å². The summed E-state index contributed by atoms with van der Waals surface area (Å²) in [7, 11) is 1.72. The van der Waals surface area contributed by atoms with Crippen molar-refractivity contribution in [2.45, 2.75) is 30.2 Å². The number of piperidine rings is 1. The Hall–Kier alpha value is -0.670. The van der Waals surface area contributed by atoms with E-state index in [4.69, 9.17) is 4.74 Å². The molecule has 0 amide bonds. The summed E-state index contributed by atoms with van der Waals surface area (Å²) in [6, 6.07) is 6.93. The molecule has 3 heteroatoms. The molecule has 1 aromatic rings. The van der Waals surface area contributed by atoms with Crippen LogP contribution in [0.3, 0.4) is 0 Å². The molecule has 2 nitrogen and oxygen atoms in total. The summed E-state index contributed by atoms with van der Waals surface area (Å²) in [6.45, 7) is 1.14. The largest absolute Gasteiger partial charge is 0.497 e. The first-order valence-electron chi connectivity index (χ1n) is 5.80. The van der Waals surface area contributed by atoms with E-state index in [9.17, 15) is 0 Å². The highest BCUT2D eigenvalue weighted by molar-refractivity contribution is 7.98. The molecule has 1 N–H and O–H groups in total. The number of methoxy groups -OCH3 is 1. The van der Waals surface area contributed by atoms with Crippen LogP contribution in [0.5, 0.6) is 5.75 Å². The maximum Gasteiger partial charge on any atom is 0.119 e. The molecule has 1 aliphatic rings. The Morgan fingerprint density at radius 2 is 2.25 bits per heavy atom. The Kier molecular flexibility index (Phi) is 4.13. The Balaban J connectivity index is 2.24. The first kappa shape index (κ1) is 11.8. The lowest BCUT2D eigenvalue weighted by atomic mass is 9.97. The Labute approximate surface area is 102 Å². The number of hydrogen-bond acceptors (Lipinski definition) is 3. The summed E-state index contributed by atoms with van der Waals surface area (Å²) in [4.78, 5) is 1.33. The molecule has 0 spiro atoms. The summed E-state index contributed by atoms with van der Waals surface area (Å²) in [5.74, 6) is 0.948. The van der Waals surface area contributed by atoms with Crippen LogP contribution in [0.4, 0.5) is 0 Å². The van der Waals surface area contributed by atoms with Gasteiger partial charge in [-0.2, -0.15) is 0 Å². The monoisotopic (exact) mass is 237 g/mol. The third-order valence-electron chi connectivity index (χ3n) is 3.13. The zero-order chi connectivity index (χ0) is 11.4. The number of hydrogen-bond donors (Lipinski definition) is 1. The van der Waals surface area contributed by atoms with Crippen molar-refractivity contribution in [3.8, 4) is 5.75 Å². The van der Waals surface area contributed by atoms with E-state index in [1.807, 2.05) is 0 Å². The molecular weight excluding hydrogens is 218 g/mol. The second-order valence-corrected chi connectivity index (χ2v) is 4.96. The van der Waals surface area contributed by atoms with E-state index < -0.39 is 0 Å². The highest BCUT2D eigenvalue weighted by Gasteiger charge is 2.17. The molecule has 0 aliphatic carbocycles. The van der Waals surface area contributed by atoms with E-state index in [0.717, 1.165) is 12.3 Å². The minimum atomic E-state index is 0.530. The van der Waals surface area contributed by atoms with Crippen molar-refractivity contribution in [2.24, 2.45) is 0 Å². The number of rotatable bonds is 3. The average Bonchev–Trinajstić information content (AvgIpc) is 2.39. The second-order valence-electron chi connectivity index (χ2n) is 4.11. The molecule has 16 heavy (non-hydrogen) atoms. The molecule has 0 aromatic heterocycles. The molecular formula is C13H19NOS. The highest BCUT2D eigenvalue weighted by Crippen LogP contribution is 2.33. The lowest BCUT2D eigenvalue weighted by molar-refractivity contribution is 0.401. The predicted molar refractivity (Wildman–Crippen MR) is 69.4 cm³/mol. The van der Waals surface area contributed by atoms with Crippen molar-refractivity contribution in [3.63, 3.8) is 0 Å². The van der Waals surface area contributed by atoms with Crippen molar-refractivity contribution < 1.29 is 4.74 Å². The van der Waals surface area contributed by atoms with Crippen LogP contribution in [0.15, 0.2) is 23.1 Å². The molecule has 0 bridgehead atoms. The summed E-state index contributed by atoms with van der Waals surface area (Å²) >= 11 is 1.80. The van der Waals surface area contributed by atoms with Crippen LogP contribution >= 0.6 is 11.8 Å². The molecule has 1 atom stereocenters. The smallest absolute Gasteiger partial charge is 0.119 e. The number of thioether (sulfide) groups is 1. The number of nitrogens with one attached hydrogen (secondary N) is 1. The van der Waals surface area contributed by atoms with Crippen molar-refractivity contribution in [1.29, 1.82) is 0 Å². The number of ether oxygens (including phenoxy) is 1. The van der Waals surface area contributed by atoms with Gasteiger partial charge in [0.1, 0.15) is 5.75 Å². The van der Waals surface area contributed by atoms with Gasteiger partial charge in [0.25, 0.3) is 0 Å². The Bertz CT molecular complexity index is 348. The maximum absolute atomic E-state index is 5.27. The quantitative estimate of drug-likeness (QED) is 0.816. The van der Waals surface area contributed by atoms with E-state index in [1.54, 1.807) is 18.9 Å². The van der Waals surface area contributed by atoms with Crippen LogP contribution in [-0.2, 0) is 0 Å². The normalized spacial score (nSPS) is 20.8. The Morgan fingerprint density at radius 1 is 1.38 bits per heavy atom.